The van der Waals surface area contributed by atoms with Crippen LogP contribution in [0.1, 0.15) is 55.8 Å². The lowest BCUT2D eigenvalue weighted by atomic mass is 10.1. The zero-order valence-electron chi connectivity index (χ0n) is 10.9. The van der Waals surface area contributed by atoms with E-state index in [0.29, 0.717) is 5.56 Å². The van der Waals surface area contributed by atoms with Crippen molar-refractivity contribution >= 4 is 12.1 Å². The van der Waals surface area contributed by atoms with E-state index in [1.165, 1.54) is 25.7 Å². The Balaban J connectivity index is 2.11. The van der Waals surface area contributed by atoms with Crippen molar-refractivity contribution in [2.24, 2.45) is 5.10 Å². The van der Waals surface area contributed by atoms with Gasteiger partial charge in [0.05, 0.1) is 0 Å². The highest BCUT2D eigenvalue weighted by Crippen LogP contribution is 2.03. The Morgan fingerprint density at radius 3 is 2.72 bits per heavy atom. The predicted molar refractivity (Wildman–Crippen MR) is 73.6 cm³/mol. The molecule has 0 bridgehead atoms. The summed E-state index contributed by atoms with van der Waals surface area (Å²) < 4.78 is 0. The van der Waals surface area contributed by atoms with Crippen molar-refractivity contribution in [1.82, 2.24) is 10.4 Å². The molecular weight excluding hydrogens is 226 g/mol. The number of carbonyl (C=O) groups is 1. The van der Waals surface area contributed by atoms with Gasteiger partial charge in [-0.25, -0.2) is 5.43 Å². The van der Waals surface area contributed by atoms with Gasteiger partial charge in [0.25, 0.3) is 5.91 Å². The van der Waals surface area contributed by atoms with E-state index >= 15 is 0 Å². The SMILES string of the molecule is CCCCCCC/C=N\NC(=O)c1ccncc1. The maximum absolute atomic E-state index is 11.6. The molecule has 0 aliphatic heterocycles. The van der Waals surface area contributed by atoms with Crippen LogP contribution in [0, 0.1) is 0 Å². The number of aromatic nitrogens is 1. The molecule has 18 heavy (non-hydrogen) atoms. The first-order valence-corrected chi connectivity index (χ1v) is 6.56. The van der Waals surface area contributed by atoms with Crippen LogP contribution in [0.2, 0.25) is 0 Å². The van der Waals surface area contributed by atoms with E-state index in [0.717, 1.165) is 12.8 Å². The molecule has 0 aliphatic rings. The van der Waals surface area contributed by atoms with Gasteiger partial charge in [0, 0.05) is 24.2 Å². The Kier molecular flexibility index (Phi) is 7.44. The maximum atomic E-state index is 11.6. The summed E-state index contributed by atoms with van der Waals surface area (Å²) in [5, 5.41) is 3.92. The summed E-state index contributed by atoms with van der Waals surface area (Å²) in [5.41, 5.74) is 3.08. The lowest BCUT2D eigenvalue weighted by Gasteiger charge is -1.98. The molecule has 0 radical (unpaired) electrons. The highest BCUT2D eigenvalue weighted by Gasteiger charge is 2.01. The van der Waals surface area contributed by atoms with Crippen LogP contribution < -0.4 is 5.43 Å². The highest BCUT2D eigenvalue weighted by atomic mass is 16.2. The molecule has 1 rings (SSSR count). The van der Waals surface area contributed by atoms with E-state index in [9.17, 15) is 4.79 Å². The van der Waals surface area contributed by atoms with E-state index in [4.69, 9.17) is 0 Å². The molecule has 98 valence electrons. The smallest absolute Gasteiger partial charge is 0.267 e. The number of carbonyl (C=O) groups excluding carboxylic acids is 1. The molecule has 4 nitrogen and oxygen atoms in total. The molecule has 4 heteroatoms. The molecule has 1 N–H and O–H groups in total. The fraction of sp³-hybridized carbons (Fsp3) is 0.500. The molecular formula is C14H21N3O. The van der Waals surface area contributed by atoms with Gasteiger partial charge in [0.2, 0.25) is 0 Å². The van der Waals surface area contributed by atoms with Gasteiger partial charge in [0.1, 0.15) is 0 Å². The van der Waals surface area contributed by atoms with Crippen molar-refractivity contribution in [3.05, 3.63) is 30.1 Å². The quantitative estimate of drug-likeness (QED) is 0.436. The second-order valence-corrected chi connectivity index (χ2v) is 4.19. The number of amides is 1. The zero-order chi connectivity index (χ0) is 13.1. The summed E-state index contributed by atoms with van der Waals surface area (Å²) in [6, 6.07) is 3.32. The van der Waals surface area contributed by atoms with Gasteiger partial charge in [-0.3, -0.25) is 9.78 Å². The topological polar surface area (TPSA) is 54.4 Å². The molecule has 1 aromatic heterocycles. The van der Waals surface area contributed by atoms with Crippen LogP contribution in [-0.2, 0) is 0 Å². The summed E-state index contributed by atoms with van der Waals surface area (Å²) in [4.78, 5) is 15.4. The van der Waals surface area contributed by atoms with E-state index in [2.05, 4.69) is 22.4 Å². The number of hydrogen-bond donors (Lipinski definition) is 1. The number of hydrazone groups is 1. The van der Waals surface area contributed by atoms with Gasteiger partial charge in [-0.05, 0) is 25.0 Å². The average molecular weight is 247 g/mol. The molecule has 0 fully saturated rings. The summed E-state index contributed by atoms with van der Waals surface area (Å²) in [6.45, 7) is 2.20. The van der Waals surface area contributed by atoms with Crippen molar-refractivity contribution in [3.63, 3.8) is 0 Å². The Hall–Kier alpha value is -1.71. The Morgan fingerprint density at radius 2 is 2.00 bits per heavy atom. The number of rotatable bonds is 8. The molecule has 0 aromatic carbocycles. The minimum atomic E-state index is -0.195. The summed E-state index contributed by atoms with van der Waals surface area (Å²) in [6.07, 6.45) is 12.1. The van der Waals surface area contributed by atoms with Crippen LogP contribution in [0.25, 0.3) is 0 Å². The normalized spacial score (nSPS) is 10.7. The van der Waals surface area contributed by atoms with Crippen molar-refractivity contribution in [2.75, 3.05) is 0 Å². The minimum absolute atomic E-state index is 0.195. The lowest BCUT2D eigenvalue weighted by molar-refractivity contribution is 0.0955. The second kappa shape index (κ2) is 9.33. The summed E-state index contributed by atoms with van der Waals surface area (Å²) >= 11 is 0. The number of pyridine rings is 1. The molecule has 0 saturated carbocycles. The zero-order valence-corrected chi connectivity index (χ0v) is 10.9. The minimum Gasteiger partial charge on any atom is -0.267 e. The Morgan fingerprint density at radius 1 is 1.28 bits per heavy atom. The third-order valence-corrected chi connectivity index (χ3v) is 2.64. The average Bonchev–Trinajstić information content (AvgIpc) is 2.42. The molecule has 1 amide bonds. The van der Waals surface area contributed by atoms with Gasteiger partial charge in [-0.1, -0.05) is 32.6 Å². The fourth-order valence-electron chi connectivity index (χ4n) is 1.58. The van der Waals surface area contributed by atoms with E-state index in [-0.39, 0.29) is 5.91 Å². The molecule has 1 heterocycles. The molecule has 0 aliphatic carbocycles. The summed E-state index contributed by atoms with van der Waals surface area (Å²) in [7, 11) is 0. The Bertz CT molecular complexity index is 363. The first-order chi connectivity index (χ1) is 8.84. The van der Waals surface area contributed by atoms with Crippen LogP contribution in [-0.4, -0.2) is 17.1 Å². The second-order valence-electron chi connectivity index (χ2n) is 4.19. The van der Waals surface area contributed by atoms with Crippen molar-refractivity contribution in [1.29, 1.82) is 0 Å². The maximum Gasteiger partial charge on any atom is 0.271 e. The predicted octanol–water partition coefficient (Wildman–Crippen LogP) is 3.16. The van der Waals surface area contributed by atoms with Gasteiger partial charge < -0.3 is 0 Å². The number of unbranched alkanes of at least 4 members (excludes halogenated alkanes) is 5. The van der Waals surface area contributed by atoms with Crippen LogP contribution in [0.15, 0.2) is 29.6 Å². The van der Waals surface area contributed by atoms with Crippen molar-refractivity contribution in [2.45, 2.75) is 45.4 Å². The summed E-state index contributed by atoms with van der Waals surface area (Å²) in [5.74, 6) is -0.195. The molecule has 0 saturated heterocycles. The van der Waals surface area contributed by atoms with Crippen molar-refractivity contribution < 1.29 is 4.79 Å². The fourth-order valence-corrected chi connectivity index (χ4v) is 1.58. The standard InChI is InChI=1S/C14H21N3O/c1-2-3-4-5-6-7-10-16-17-14(18)13-8-11-15-12-9-13/h8-12H,2-7H2,1H3,(H,17,18)/b16-10-. The Labute approximate surface area is 109 Å². The van der Waals surface area contributed by atoms with Gasteiger partial charge in [-0.2, -0.15) is 5.10 Å². The van der Waals surface area contributed by atoms with E-state index in [1.807, 2.05) is 0 Å². The van der Waals surface area contributed by atoms with Gasteiger partial charge in [-0.15, -0.1) is 0 Å². The highest BCUT2D eigenvalue weighted by molar-refractivity contribution is 5.94. The van der Waals surface area contributed by atoms with Crippen LogP contribution in [0.4, 0.5) is 0 Å². The molecule has 0 atom stereocenters. The lowest BCUT2D eigenvalue weighted by Crippen LogP contribution is -2.17. The monoisotopic (exact) mass is 247 g/mol. The van der Waals surface area contributed by atoms with Gasteiger partial charge in [0.15, 0.2) is 0 Å². The van der Waals surface area contributed by atoms with Crippen LogP contribution in [0.5, 0.6) is 0 Å². The van der Waals surface area contributed by atoms with E-state index < -0.39 is 0 Å². The van der Waals surface area contributed by atoms with Crippen LogP contribution >= 0.6 is 0 Å². The number of nitrogens with zero attached hydrogens (tertiary/aromatic N) is 2. The number of hydrogen-bond acceptors (Lipinski definition) is 3. The molecule has 0 spiro atoms. The van der Waals surface area contributed by atoms with E-state index in [1.54, 1.807) is 30.7 Å². The molecule has 0 unspecified atom stereocenters. The largest absolute Gasteiger partial charge is 0.271 e. The number of nitrogens with one attached hydrogen (secondary N) is 1. The first kappa shape index (κ1) is 14.4. The molecule has 1 aromatic rings. The third kappa shape index (κ3) is 6.13. The van der Waals surface area contributed by atoms with Crippen molar-refractivity contribution in [3.8, 4) is 0 Å². The van der Waals surface area contributed by atoms with Gasteiger partial charge >= 0.3 is 0 Å². The third-order valence-electron chi connectivity index (χ3n) is 2.64. The van der Waals surface area contributed by atoms with Crippen LogP contribution in [0.3, 0.4) is 0 Å². The first-order valence-electron chi connectivity index (χ1n) is 6.56.